The van der Waals surface area contributed by atoms with E-state index in [1.165, 1.54) is 0 Å². The van der Waals surface area contributed by atoms with Crippen LogP contribution in [0.5, 0.6) is 0 Å². The Hall–Kier alpha value is -2.43. The fourth-order valence-electron chi connectivity index (χ4n) is 2.25. The molecule has 0 saturated carbocycles. The zero-order valence-electron chi connectivity index (χ0n) is 13.4. The van der Waals surface area contributed by atoms with Crippen LogP contribution in [0.1, 0.15) is 0 Å². The van der Waals surface area contributed by atoms with Gasteiger partial charge >= 0.3 is 0 Å². The van der Waals surface area contributed by atoms with E-state index in [-0.39, 0.29) is 12.5 Å². The summed E-state index contributed by atoms with van der Waals surface area (Å²) in [6.07, 6.45) is 0. The summed E-state index contributed by atoms with van der Waals surface area (Å²) in [5.74, 6) is -0.146. The van der Waals surface area contributed by atoms with Gasteiger partial charge in [0, 0.05) is 15.5 Å². The van der Waals surface area contributed by atoms with E-state index in [4.69, 9.17) is 11.6 Å². The van der Waals surface area contributed by atoms with Crippen molar-refractivity contribution in [2.75, 3.05) is 17.2 Å². The fourth-order valence-corrected chi connectivity index (χ4v) is 3.38. The van der Waals surface area contributed by atoms with Crippen LogP contribution in [-0.4, -0.2) is 12.5 Å². The fraction of sp³-hybridized carbons (Fsp3) is 0.0500. The number of para-hydroxylation sites is 2. The van der Waals surface area contributed by atoms with Crippen LogP contribution in [0.15, 0.2) is 88.7 Å². The summed E-state index contributed by atoms with van der Waals surface area (Å²) in [6.45, 7) is 0.164. The first-order chi connectivity index (χ1) is 12.2. The topological polar surface area (TPSA) is 41.1 Å². The van der Waals surface area contributed by atoms with Crippen LogP contribution >= 0.6 is 23.4 Å². The van der Waals surface area contributed by atoms with E-state index in [1.54, 1.807) is 23.9 Å². The highest BCUT2D eigenvalue weighted by Gasteiger charge is 2.08. The van der Waals surface area contributed by atoms with Gasteiger partial charge in [0.1, 0.15) is 0 Å². The summed E-state index contributed by atoms with van der Waals surface area (Å²) in [6, 6.07) is 25.3. The first-order valence-electron chi connectivity index (χ1n) is 7.82. The molecule has 0 radical (unpaired) electrons. The molecule has 0 aromatic heterocycles. The number of carbonyl (C=O) groups excluding carboxylic acids is 1. The van der Waals surface area contributed by atoms with E-state index in [2.05, 4.69) is 22.8 Å². The number of carbonyl (C=O) groups is 1. The Morgan fingerprint density at radius 1 is 0.840 bits per heavy atom. The van der Waals surface area contributed by atoms with Crippen molar-refractivity contribution < 1.29 is 4.79 Å². The highest BCUT2D eigenvalue weighted by molar-refractivity contribution is 7.99. The van der Waals surface area contributed by atoms with Gasteiger partial charge in [-0.3, -0.25) is 4.79 Å². The molecule has 3 aromatic rings. The summed E-state index contributed by atoms with van der Waals surface area (Å²) >= 11 is 7.72. The molecule has 0 spiro atoms. The van der Waals surface area contributed by atoms with Crippen LogP contribution in [0.25, 0.3) is 0 Å². The second kappa shape index (κ2) is 8.60. The molecule has 0 atom stereocenters. The molecule has 25 heavy (non-hydrogen) atoms. The first kappa shape index (κ1) is 17.4. The smallest absolute Gasteiger partial charge is 0.243 e. The molecule has 2 N–H and O–H groups in total. The number of amides is 1. The molecule has 0 heterocycles. The first-order valence-corrected chi connectivity index (χ1v) is 9.02. The summed E-state index contributed by atoms with van der Waals surface area (Å²) in [7, 11) is 0. The van der Waals surface area contributed by atoms with Gasteiger partial charge < -0.3 is 10.6 Å². The molecule has 3 nitrogen and oxygen atoms in total. The van der Waals surface area contributed by atoms with Gasteiger partial charge in [0.2, 0.25) is 5.91 Å². The Morgan fingerprint density at radius 3 is 2.24 bits per heavy atom. The number of anilines is 2. The molecule has 1 amide bonds. The SMILES string of the molecule is O=C(CNc1ccccc1Sc1ccccc1)Nc1ccccc1Cl. The van der Waals surface area contributed by atoms with E-state index < -0.39 is 0 Å². The Balaban J connectivity index is 1.63. The summed E-state index contributed by atoms with van der Waals surface area (Å²) in [5.41, 5.74) is 1.54. The van der Waals surface area contributed by atoms with Crippen molar-refractivity contribution in [1.82, 2.24) is 0 Å². The maximum absolute atomic E-state index is 12.2. The molecule has 0 aliphatic heterocycles. The minimum Gasteiger partial charge on any atom is -0.375 e. The van der Waals surface area contributed by atoms with Gasteiger partial charge in [-0.1, -0.05) is 65.8 Å². The van der Waals surface area contributed by atoms with Crippen LogP contribution in [-0.2, 0) is 4.79 Å². The molecule has 126 valence electrons. The summed E-state index contributed by atoms with van der Waals surface area (Å²) < 4.78 is 0. The van der Waals surface area contributed by atoms with Crippen LogP contribution in [0.2, 0.25) is 5.02 Å². The van der Waals surface area contributed by atoms with E-state index in [1.807, 2.05) is 54.6 Å². The molecule has 5 heteroatoms. The lowest BCUT2D eigenvalue weighted by Crippen LogP contribution is -2.22. The summed E-state index contributed by atoms with van der Waals surface area (Å²) in [4.78, 5) is 14.4. The third-order valence-electron chi connectivity index (χ3n) is 3.45. The monoisotopic (exact) mass is 368 g/mol. The second-order valence-electron chi connectivity index (χ2n) is 5.29. The van der Waals surface area contributed by atoms with Crippen molar-refractivity contribution in [3.05, 3.63) is 83.9 Å². The minimum absolute atomic E-state index is 0.146. The number of hydrogen-bond acceptors (Lipinski definition) is 3. The number of rotatable bonds is 6. The van der Waals surface area contributed by atoms with Gasteiger partial charge in [-0.05, 0) is 36.4 Å². The van der Waals surface area contributed by atoms with E-state index in [0.29, 0.717) is 10.7 Å². The van der Waals surface area contributed by atoms with Crippen molar-refractivity contribution in [1.29, 1.82) is 0 Å². The second-order valence-corrected chi connectivity index (χ2v) is 6.82. The average Bonchev–Trinajstić information content (AvgIpc) is 2.64. The third-order valence-corrected chi connectivity index (χ3v) is 4.86. The number of hydrogen-bond donors (Lipinski definition) is 2. The highest BCUT2D eigenvalue weighted by atomic mass is 35.5. The lowest BCUT2D eigenvalue weighted by atomic mass is 10.3. The van der Waals surface area contributed by atoms with Crippen molar-refractivity contribution in [3.63, 3.8) is 0 Å². The Morgan fingerprint density at radius 2 is 1.48 bits per heavy atom. The van der Waals surface area contributed by atoms with Gasteiger partial charge in [0.25, 0.3) is 0 Å². The lowest BCUT2D eigenvalue weighted by molar-refractivity contribution is -0.114. The third kappa shape index (κ3) is 5.02. The van der Waals surface area contributed by atoms with E-state index in [9.17, 15) is 4.79 Å². The maximum atomic E-state index is 12.2. The van der Waals surface area contributed by atoms with Gasteiger partial charge in [0.05, 0.1) is 17.3 Å². The van der Waals surface area contributed by atoms with Crippen LogP contribution in [0.4, 0.5) is 11.4 Å². The molecule has 0 aliphatic rings. The molecular formula is C20H17ClN2OS. The van der Waals surface area contributed by atoms with E-state index in [0.717, 1.165) is 15.5 Å². The number of benzene rings is 3. The van der Waals surface area contributed by atoms with Crippen molar-refractivity contribution >= 4 is 40.6 Å². The number of halogens is 1. The van der Waals surface area contributed by atoms with Crippen molar-refractivity contribution in [3.8, 4) is 0 Å². The van der Waals surface area contributed by atoms with Crippen molar-refractivity contribution in [2.24, 2.45) is 0 Å². The Bertz CT molecular complexity index is 855. The molecule has 3 rings (SSSR count). The Kier molecular flexibility index (Phi) is 5.99. The molecule has 0 aliphatic carbocycles. The Labute approximate surface area is 156 Å². The van der Waals surface area contributed by atoms with Crippen LogP contribution < -0.4 is 10.6 Å². The molecule has 0 unspecified atom stereocenters. The van der Waals surface area contributed by atoms with Gasteiger partial charge in [-0.15, -0.1) is 0 Å². The van der Waals surface area contributed by atoms with Gasteiger partial charge in [-0.2, -0.15) is 0 Å². The van der Waals surface area contributed by atoms with Crippen LogP contribution in [0.3, 0.4) is 0 Å². The highest BCUT2D eigenvalue weighted by Crippen LogP contribution is 2.33. The maximum Gasteiger partial charge on any atom is 0.243 e. The molecular weight excluding hydrogens is 352 g/mol. The largest absolute Gasteiger partial charge is 0.375 e. The van der Waals surface area contributed by atoms with Crippen molar-refractivity contribution in [2.45, 2.75) is 9.79 Å². The lowest BCUT2D eigenvalue weighted by Gasteiger charge is -2.12. The molecule has 3 aromatic carbocycles. The zero-order valence-corrected chi connectivity index (χ0v) is 15.0. The van der Waals surface area contributed by atoms with E-state index >= 15 is 0 Å². The standard InChI is InChI=1S/C20H17ClN2OS/c21-16-10-4-5-11-17(16)23-20(24)14-22-18-12-6-7-13-19(18)25-15-8-2-1-3-9-15/h1-13,22H,14H2,(H,23,24). The normalized spacial score (nSPS) is 10.3. The summed E-state index contributed by atoms with van der Waals surface area (Å²) in [5, 5.41) is 6.53. The molecule has 0 fully saturated rings. The quantitative estimate of drug-likeness (QED) is 0.600. The minimum atomic E-state index is -0.146. The predicted octanol–water partition coefficient (Wildman–Crippen LogP) is 5.54. The average molecular weight is 369 g/mol. The van der Waals surface area contributed by atoms with Gasteiger partial charge in [-0.25, -0.2) is 0 Å². The predicted molar refractivity (Wildman–Crippen MR) is 106 cm³/mol. The molecule has 0 saturated heterocycles. The molecule has 0 bridgehead atoms. The zero-order chi connectivity index (χ0) is 17.5. The van der Waals surface area contributed by atoms with Crippen LogP contribution in [0, 0.1) is 0 Å². The van der Waals surface area contributed by atoms with Gasteiger partial charge in [0.15, 0.2) is 0 Å². The number of nitrogens with one attached hydrogen (secondary N) is 2.